The van der Waals surface area contributed by atoms with E-state index in [0.29, 0.717) is 24.3 Å². The number of rotatable bonds is 5. The van der Waals surface area contributed by atoms with Crippen LogP contribution in [0.4, 0.5) is 13.2 Å². The summed E-state index contributed by atoms with van der Waals surface area (Å²) in [7, 11) is 0. The van der Waals surface area contributed by atoms with Crippen LogP contribution in [0.15, 0.2) is 36.4 Å². The Labute approximate surface area is 115 Å². The van der Waals surface area contributed by atoms with E-state index >= 15 is 0 Å². The van der Waals surface area contributed by atoms with E-state index in [9.17, 15) is 13.2 Å². The standard InChI is InChI=1S/C15H14F3NO/c16-12-4-5-14(10(8-12)6-7-19)20-9-11-2-1-3-13(17)15(11)18/h1-5,8H,6-7,9,19H2. The predicted octanol–water partition coefficient (Wildman–Crippen LogP) is 3.18. The van der Waals surface area contributed by atoms with Crippen LogP contribution in [-0.2, 0) is 13.0 Å². The minimum atomic E-state index is -0.935. The first kappa shape index (κ1) is 14.4. The van der Waals surface area contributed by atoms with Crippen molar-refractivity contribution >= 4 is 0 Å². The number of halogens is 3. The fourth-order valence-electron chi connectivity index (χ4n) is 1.86. The maximum absolute atomic E-state index is 13.5. The summed E-state index contributed by atoms with van der Waals surface area (Å²) < 4.78 is 45.1. The fourth-order valence-corrected chi connectivity index (χ4v) is 1.86. The van der Waals surface area contributed by atoms with Gasteiger partial charge in [0.1, 0.15) is 18.2 Å². The Balaban J connectivity index is 2.16. The van der Waals surface area contributed by atoms with E-state index in [1.54, 1.807) is 0 Å². The van der Waals surface area contributed by atoms with Crippen molar-refractivity contribution < 1.29 is 17.9 Å². The van der Waals surface area contributed by atoms with Gasteiger partial charge in [-0.25, -0.2) is 13.2 Å². The number of hydrogen-bond donors (Lipinski definition) is 1. The van der Waals surface area contributed by atoms with Crippen molar-refractivity contribution in [3.05, 3.63) is 65.0 Å². The molecule has 0 aliphatic heterocycles. The highest BCUT2D eigenvalue weighted by Crippen LogP contribution is 2.22. The molecule has 106 valence electrons. The summed E-state index contributed by atoms with van der Waals surface area (Å²) in [4.78, 5) is 0. The minimum absolute atomic E-state index is 0.105. The van der Waals surface area contributed by atoms with E-state index in [1.807, 2.05) is 0 Å². The summed E-state index contributed by atoms with van der Waals surface area (Å²) in [5.74, 6) is -1.83. The highest BCUT2D eigenvalue weighted by Gasteiger charge is 2.10. The van der Waals surface area contributed by atoms with Gasteiger partial charge >= 0.3 is 0 Å². The lowest BCUT2D eigenvalue weighted by atomic mass is 10.1. The lowest BCUT2D eigenvalue weighted by molar-refractivity contribution is 0.293. The molecule has 5 heteroatoms. The normalized spacial score (nSPS) is 10.6. The van der Waals surface area contributed by atoms with Crippen LogP contribution in [-0.4, -0.2) is 6.54 Å². The van der Waals surface area contributed by atoms with E-state index in [1.165, 1.54) is 30.3 Å². The Morgan fingerprint density at radius 1 is 1.00 bits per heavy atom. The molecule has 20 heavy (non-hydrogen) atoms. The van der Waals surface area contributed by atoms with E-state index < -0.39 is 17.5 Å². The van der Waals surface area contributed by atoms with Crippen molar-refractivity contribution in [3.63, 3.8) is 0 Å². The van der Waals surface area contributed by atoms with Gasteiger partial charge in [0.05, 0.1) is 0 Å². The van der Waals surface area contributed by atoms with Crippen molar-refractivity contribution in [2.75, 3.05) is 6.54 Å². The molecule has 0 radical (unpaired) electrons. The Morgan fingerprint density at radius 2 is 1.80 bits per heavy atom. The molecule has 0 saturated carbocycles. The van der Waals surface area contributed by atoms with E-state index in [4.69, 9.17) is 10.5 Å². The van der Waals surface area contributed by atoms with Crippen molar-refractivity contribution in [3.8, 4) is 5.75 Å². The van der Waals surface area contributed by atoms with Gasteiger partial charge in [0, 0.05) is 5.56 Å². The molecule has 0 spiro atoms. The van der Waals surface area contributed by atoms with Crippen LogP contribution < -0.4 is 10.5 Å². The molecule has 0 heterocycles. The van der Waals surface area contributed by atoms with Crippen molar-refractivity contribution in [1.82, 2.24) is 0 Å². The van der Waals surface area contributed by atoms with Crippen molar-refractivity contribution in [2.24, 2.45) is 5.73 Å². The average Bonchev–Trinajstić information content (AvgIpc) is 2.42. The third-order valence-corrected chi connectivity index (χ3v) is 2.85. The van der Waals surface area contributed by atoms with E-state index in [0.717, 1.165) is 6.07 Å². The second-order valence-corrected chi connectivity index (χ2v) is 4.29. The van der Waals surface area contributed by atoms with Gasteiger partial charge in [0.15, 0.2) is 11.6 Å². The highest BCUT2D eigenvalue weighted by molar-refractivity contribution is 5.34. The first-order valence-corrected chi connectivity index (χ1v) is 6.16. The number of benzene rings is 2. The summed E-state index contributed by atoms with van der Waals surface area (Å²) >= 11 is 0. The summed E-state index contributed by atoms with van der Waals surface area (Å²) in [6.07, 6.45) is 0.443. The number of ether oxygens (including phenoxy) is 1. The minimum Gasteiger partial charge on any atom is -0.489 e. The quantitative estimate of drug-likeness (QED) is 0.913. The third kappa shape index (κ3) is 3.30. The third-order valence-electron chi connectivity index (χ3n) is 2.85. The zero-order valence-electron chi connectivity index (χ0n) is 10.7. The molecule has 0 atom stereocenters. The summed E-state index contributed by atoms with van der Waals surface area (Å²) in [5.41, 5.74) is 6.15. The van der Waals surface area contributed by atoms with E-state index in [-0.39, 0.29) is 12.2 Å². The lowest BCUT2D eigenvalue weighted by Crippen LogP contribution is -2.07. The zero-order valence-corrected chi connectivity index (χ0v) is 10.7. The molecular formula is C15H14F3NO. The van der Waals surface area contributed by atoms with Gasteiger partial charge in [-0.2, -0.15) is 0 Å². The van der Waals surface area contributed by atoms with Crippen molar-refractivity contribution in [1.29, 1.82) is 0 Å². The first-order chi connectivity index (χ1) is 9.61. The van der Waals surface area contributed by atoms with Crippen molar-refractivity contribution in [2.45, 2.75) is 13.0 Å². The lowest BCUT2D eigenvalue weighted by Gasteiger charge is -2.12. The molecule has 0 unspecified atom stereocenters. The van der Waals surface area contributed by atoms with Crippen LogP contribution in [0, 0.1) is 17.5 Å². The molecule has 0 aliphatic carbocycles. The predicted molar refractivity (Wildman–Crippen MR) is 69.8 cm³/mol. The van der Waals surface area contributed by atoms with Gasteiger partial charge in [-0.05, 0) is 42.8 Å². The van der Waals surface area contributed by atoms with Gasteiger partial charge in [-0.3, -0.25) is 0 Å². The van der Waals surface area contributed by atoms with Gasteiger partial charge in [-0.15, -0.1) is 0 Å². The first-order valence-electron chi connectivity index (χ1n) is 6.16. The molecule has 0 amide bonds. The molecular weight excluding hydrogens is 267 g/mol. The molecule has 0 aromatic heterocycles. The average molecular weight is 281 g/mol. The maximum atomic E-state index is 13.5. The Hall–Kier alpha value is -2.01. The van der Waals surface area contributed by atoms with Crippen LogP contribution in [0.3, 0.4) is 0 Å². The van der Waals surface area contributed by atoms with Crippen LogP contribution in [0.1, 0.15) is 11.1 Å². The van der Waals surface area contributed by atoms with Crippen LogP contribution in [0.5, 0.6) is 5.75 Å². The zero-order chi connectivity index (χ0) is 14.5. The monoisotopic (exact) mass is 281 g/mol. The summed E-state index contributed by atoms with van der Waals surface area (Å²) in [6, 6.07) is 7.91. The summed E-state index contributed by atoms with van der Waals surface area (Å²) in [6.45, 7) is 0.209. The smallest absolute Gasteiger partial charge is 0.165 e. The van der Waals surface area contributed by atoms with Crippen LogP contribution in [0.2, 0.25) is 0 Å². The Kier molecular flexibility index (Phi) is 4.63. The Morgan fingerprint density at radius 3 is 2.55 bits per heavy atom. The maximum Gasteiger partial charge on any atom is 0.165 e. The molecule has 0 bridgehead atoms. The fraction of sp³-hybridized carbons (Fsp3) is 0.200. The molecule has 2 N–H and O–H groups in total. The van der Waals surface area contributed by atoms with Gasteiger partial charge in [-0.1, -0.05) is 12.1 Å². The van der Waals surface area contributed by atoms with Crippen LogP contribution >= 0.6 is 0 Å². The van der Waals surface area contributed by atoms with Crippen LogP contribution in [0.25, 0.3) is 0 Å². The summed E-state index contributed by atoms with van der Waals surface area (Å²) in [5, 5.41) is 0. The molecule has 2 aromatic rings. The molecule has 2 aromatic carbocycles. The molecule has 0 aliphatic rings. The number of nitrogens with two attached hydrogens (primary N) is 1. The largest absolute Gasteiger partial charge is 0.489 e. The molecule has 0 fully saturated rings. The van der Waals surface area contributed by atoms with Gasteiger partial charge in [0.2, 0.25) is 0 Å². The highest BCUT2D eigenvalue weighted by atomic mass is 19.2. The topological polar surface area (TPSA) is 35.2 Å². The SMILES string of the molecule is NCCc1cc(F)ccc1OCc1cccc(F)c1F. The molecule has 2 rings (SSSR count). The molecule has 0 saturated heterocycles. The molecule has 2 nitrogen and oxygen atoms in total. The van der Waals surface area contributed by atoms with E-state index in [2.05, 4.69) is 0 Å². The second-order valence-electron chi connectivity index (χ2n) is 4.29. The van der Waals surface area contributed by atoms with Gasteiger partial charge < -0.3 is 10.5 Å². The number of hydrogen-bond acceptors (Lipinski definition) is 2. The Bertz CT molecular complexity index is 602. The van der Waals surface area contributed by atoms with Gasteiger partial charge in [0.25, 0.3) is 0 Å². The second kappa shape index (κ2) is 6.43.